The summed E-state index contributed by atoms with van der Waals surface area (Å²) in [7, 11) is -2.99. The number of hydrogen-bond acceptors (Lipinski definition) is 4. The van der Waals surface area contributed by atoms with Crippen molar-refractivity contribution in [1.29, 1.82) is 0 Å². The monoisotopic (exact) mass is 355 g/mol. The SMILES string of the molecule is CCN(C(=O)Cc1c(C)nn(CC(C)C)c1C)C1CCS(=O)(=O)C1. The van der Waals surface area contributed by atoms with E-state index in [1.54, 1.807) is 4.90 Å². The molecule has 1 unspecified atom stereocenters. The standard InChI is InChI=1S/C17H29N3O3S/c1-6-19(15-7-8-24(22,23)11-15)17(21)9-16-13(4)18-20(14(16)5)10-12(2)3/h12,15H,6-11H2,1-5H3. The van der Waals surface area contributed by atoms with Crippen molar-refractivity contribution in [2.45, 2.75) is 60.0 Å². The Labute approximate surface area is 145 Å². The molecule has 24 heavy (non-hydrogen) atoms. The lowest BCUT2D eigenvalue weighted by Crippen LogP contribution is -2.41. The molecule has 0 bridgehead atoms. The lowest BCUT2D eigenvalue weighted by molar-refractivity contribution is -0.132. The van der Waals surface area contributed by atoms with Crippen LogP contribution in [0.25, 0.3) is 0 Å². The van der Waals surface area contributed by atoms with Crippen LogP contribution in [0.5, 0.6) is 0 Å². The second-order valence-corrected chi connectivity index (χ2v) is 9.37. The van der Waals surface area contributed by atoms with Gasteiger partial charge in [0.25, 0.3) is 0 Å². The van der Waals surface area contributed by atoms with Crippen LogP contribution in [0.1, 0.15) is 44.1 Å². The first-order valence-corrected chi connectivity index (χ1v) is 10.5. The van der Waals surface area contributed by atoms with Gasteiger partial charge < -0.3 is 4.90 Å². The fraction of sp³-hybridized carbons (Fsp3) is 0.765. The van der Waals surface area contributed by atoms with Crippen LogP contribution < -0.4 is 0 Å². The van der Waals surface area contributed by atoms with Gasteiger partial charge in [0, 0.05) is 30.4 Å². The van der Waals surface area contributed by atoms with Crippen molar-refractivity contribution in [2.75, 3.05) is 18.1 Å². The Morgan fingerprint density at radius 2 is 2.04 bits per heavy atom. The van der Waals surface area contributed by atoms with Crippen LogP contribution in [0.15, 0.2) is 0 Å². The molecule has 1 aliphatic rings. The molecule has 7 heteroatoms. The molecule has 0 saturated carbocycles. The average Bonchev–Trinajstić information content (AvgIpc) is 2.94. The Kier molecular flexibility index (Phi) is 5.73. The Hall–Kier alpha value is -1.37. The third kappa shape index (κ3) is 4.18. The van der Waals surface area contributed by atoms with Crippen LogP contribution >= 0.6 is 0 Å². The minimum Gasteiger partial charge on any atom is -0.339 e. The van der Waals surface area contributed by atoms with Crippen molar-refractivity contribution in [3.63, 3.8) is 0 Å². The number of nitrogens with zero attached hydrogens (tertiary/aromatic N) is 3. The Morgan fingerprint density at radius 3 is 2.54 bits per heavy atom. The van der Waals surface area contributed by atoms with Gasteiger partial charge in [-0.3, -0.25) is 9.48 Å². The highest BCUT2D eigenvalue weighted by atomic mass is 32.2. The molecule has 136 valence electrons. The van der Waals surface area contributed by atoms with Gasteiger partial charge in [0.2, 0.25) is 5.91 Å². The van der Waals surface area contributed by atoms with Gasteiger partial charge in [0.1, 0.15) is 0 Å². The number of carbonyl (C=O) groups is 1. The first-order chi connectivity index (χ1) is 11.1. The van der Waals surface area contributed by atoms with Crippen molar-refractivity contribution >= 4 is 15.7 Å². The van der Waals surface area contributed by atoms with Crippen molar-refractivity contribution in [3.05, 3.63) is 17.0 Å². The summed E-state index contributed by atoms with van der Waals surface area (Å²) in [4.78, 5) is 14.5. The van der Waals surface area contributed by atoms with E-state index in [0.29, 0.717) is 25.3 Å². The fourth-order valence-corrected chi connectivity index (χ4v) is 5.16. The highest BCUT2D eigenvalue weighted by molar-refractivity contribution is 7.91. The second kappa shape index (κ2) is 7.25. The lowest BCUT2D eigenvalue weighted by Gasteiger charge is -2.27. The summed E-state index contributed by atoms with van der Waals surface area (Å²) in [6.45, 7) is 11.5. The van der Waals surface area contributed by atoms with Gasteiger partial charge in [-0.1, -0.05) is 13.8 Å². The normalized spacial score (nSPS) is 19.8. The van der Waals surface area contributed by atoms with Gasteiger partial charge in [-0.2, -0.15) is 5.10 Å². The number of amides is 1. The zero-order valence-corrected chi connectivity index (χ0v) is 16.2. The van der Waals surface area contributed by atoms with Crippen molar-refractivity contribution < 1.29 is 13.2 Å². The highest BCUT2D eigenvalue weighted by Crippen LogP contribution is 2.21. The number of aromatic nitrogens is 2. The molecule has 1 aliphatic heterocycles. The summed E-state index contributed by atoms with van der Waals surface area (Å²) in [5, 5.41) is 4.56. The molecule has 0 N–H and O–H groups in total. The van der Waals surface area contributed by atoms with E-state index in [1.165, 1.54) is 0 Å². The third-order valence-electron chi connectivity index (χ3n) is 4.71. The van der Waals surface area contributed by atoms with Gasteiger partial charge in [-0.25, -0.2) is 8.42 Å². The second-order valence-electron chi connectivity index (χ2n) is 7.14. The lowest BCUT2D eigenvalue weighted by atomic mass is 10.1. The molecule has 1 amide bonds. The Balaban J connectivity index is 2.15. The van der Waals surface area contributed by atoms with Crippen LogP contribution in [0.3, 0.4) is 0 Å². The maximum absolute atomic E-state index is 12.8. The molecule has 2 heterocycles. The van der Waals surface area contributed by atoms with E-state index in [0.717, 1.165) is 23.5 Å². The van der Waals surface area contributed by atoms with E-state index in [2.05, 4.69) is 18.9 Å². The number of rotatable bonds is 6. The van der Waals surface area contributed by atoms with E-state index in [-0.39, 0.29) is 23.5 Å². The zero-order valence-electron chi connectivity index (χ0n) is 15.4. The molecule has 6 nitrogen and oxygen atoms in total. The quantitative estimate of drug-likeness (QED) is 0.779. The molecule has 0 radical (unpaired) electrons. The number of carbonyl (C=O) groups excluding carboxylic acids is 1. The molecular formula is C17H29N3O3S. The molecule has 1 fully saturated rings. The molecular weight excluding hydrogens is 326 g/mol. The molecule has 0 aliphatic carbocycles. The first-order valence-electron chi connectivity index (χ1n) is 8.67. The minimum absolute atomic E-state index is 0.00473. The van der Waals surface area contributed by atoms with Gasteiger partial charge >= 0.3 is 0 Å². The number of hydrogen-bond donors (Lipinski definition) is 0. The highest BCUT2D eigenvalue weighted by Gasteiger charge is 2.34. The van der Waals surface area contributed by atoms with Crippen molar-refractivity contribution in [2.24, 2.45) is 5.92 Å². The zero-order chi connectivity index (χ0) is 18.1. The molecule has 0 spiro atoms. The molecule has 1 aromatic rings. The summed E-state index contributed by atoms with van der Waals surface area (Å²) in [5.74, 6) is 0.764. The molecule has 1 aromatic heterocycles. The number of likely N-dealkylation sites (N-methyl/N-ethyl adjacent to an activating group) is 1. The Morgan fingerprint density at radius 1 is 1.38 bits per heavy atom. The minimum atomic E-state index is -2.99. The maximum atomic E-state index is 12.8. The maximum Gasteiger partial charge on any atom is 0.227 e. The average molecular weight is 356 g/mol. The predicted molar refractivity (Wildman–Crippen MR) is 94.7 cm³/mol. The van der Waals surface area contributed by atoms with Crippen molar-refractivity contribution in [3.8, 4) is 0 Å². The van der Waals surface area contributed by atoms with Crippen LogP contribution in [-0.4, -0.2) is 53.1 Å². The van der Waals surface area contributed by atoms with E-state index >= 15 is 0 Å². The summed E-state index contributed by atoms with van der Waals surface area (Å²) >= 11 is 0. The smallest absolute Gasteiger partial charge is 0.227 e. The van der Waals surface area contributed by atoms with Crippen LogP contribution in [-0.2, 0) is 27.6 Å². The van der Waals surface area contributed by atoms with Gasteiger partial charge in [-0.15, -0.1) is 0 Å². The molecule has 2 rings (SSSR count). The summed E-state index contributed by atoms with van der Waals surface area (Å²) in [6.07, 6.45) is 0.840. The van der Waals surface area contributed by atoms with E-state index < -0.39 is 9.84 Å². The van der Waals surface area contributed by atoms with Crippen LogP contribution in [0.4, 0.5) is 0 Å². The summed E-state index contributed by atoms with van der Waals surface area (Å²) in [5.41, 5.74) is 2.89. The van der Waals surface area contributed by atoms with E-state index in [9.17, 15) is 13.2 Å². The largest absolute Gasteiger partial charge is 0.339 e. The van der Waals surface area contributed by atoms with Crippen LogP contribution in [0.2, 0.25) is 0 Å². The van der Waals surface area contributed by atoms with Gasteiger partial charge in [0.05, 0.1) is 23.6 Å². The molecule has 1 saturated heterocycles. The third-order valence-corrected chi connectivity index (χ3v) is 6.46. The van der Waals surface area contributed by atoms with Crippen LogP contribution in [0, 0.1) is 19.8 Å². The number of aryl methyl sites for hydroxylation is 1. The molecule has 0 aromatic carbocycles. The Bertz CT molecular complexity index is 707. The molecule has 1 atom stereocenters. The first kappa shape index (κ1) is 19.0. The summed E-state index contributed by atoms with van der Waals surface area (Å²) in [6, 6.07) is -0.182. The van der Waals surface area contributed by atoms with E-state index in [1.807, 2.05) is 25.5 Å². The van der Waals surface area contributed by atoms with E-state index in [4.69, 9.17) is 0 Å². The number of sulfone groups is 1. The van der Waals surface area contributed by atoms with Crippen molar-refractivity contribution in [1.82, 2.24) is 14.7 Å². The van der Waals surface area contributed by atoms with Gasteiger partial charge in [-0.05, 0) is 33.1 Å². The summed E-state index contributed by atoms with van der Waals surface area (Å²) < 4.78 is 25.4. The topological polar surface area (TPSA) is 72.3 Å². The van der Waals surface area contributed by atoms with Gasteiger partial charge in [0.15, 0.2) is 9.84 Å². The fourth-order valence-electron chi connectivity index (χ4n) is 3.43. The predicted octanol–water partition coefficient (Wildman–Crippen LogP) is 1.73.